The van der Waals surface area contributed by atoms with Crippen molar-refractivity contribution < 1.29 is 4.39 Å². The summed E-state index contributed by atoms with van der Waals surface area (Å²) in [7, 11) is 0. The Morgan fingerprint density at radius 1 is 1.47 bits per heavy atom. The van der Waals surface area contributed by atoms with Crippen LogP contribution in [-0.4, -0.2) is 28.3 Å². The van der Waals surface area contributed by atoms with E-state index in [1.165, 1.54) is 30.7 Å². The number of fused-ring (bicyclic) bond motifs is 1. The summed E-state index contributed by atoms with van der Waals surface area (Å²) in [6, 6.07) is 4.78. The number of amidine groups is 1. The van der Waals surface area contributed by atoms with Gasteiger partial charge < -0.3 is 4.90 Å². The second kappa shape index (κ2) is 4.33. The molecule has 0 saturated carbocycles. The normalized spacial score (nSPS) is 23.2. The van der Waals surface area contributed by atoms with Gasteiger partial charge in [-0.25, -0.2) is 4.39 Å². The van der Waals surface area contributed by atoms with Gasteiger partial charge in [0.25, 0.3) is 0 Å². The Labute approximate surface area is 105 Å². The Hall–Kier alpha value is -1.03. The van der Waals surface area contributed by atoms with E-state index in [1.807, 2.05) is 11.8 Å². The van der Waals surface area contributed by atoms with Crippen LogP contribution in [0, 0.1) is 11.2 Å². The maximum Gasteiger partial charge on any atom is 0.128 e. The quantitative estimate of drug-likeness (QED) is 0.874. The Balaban J connectivity index is 1.76. The molecule has 1 aromatic carbocycles. The number of halogens is 1. The van der Waals surface area contributed by atoms with E-state index in [1.54, 1.807) is 6.07 Å². The monoisotopic (exact) mass is 250 g/mol. The zero-order chi connectivity index (χ0) is 11.8. The molecule has 1 unspecified atom stereocenters. The van der Waals surface area contributed by atoms with Crippen LogP contribution >= 0.6 is 11.8 Å². The van der Waals surface area contributed by atoms with Gasteiger partial charge in [0.1, 0.15) is 11.7 Å². The van der Waals surface area contributed by atoms with Crippen molar-refractivity contribution >= 4 is 17.6 Å². The van der Waals surface area contributed by atoms with Crippen molar-refractivity contribution in [1.29, 1.82) is 5.41 Å². The van der Waals surface area contributed by atoms with Gasteiger partial charge in [-0.1, -0.05) is 6.07 Å². The number of nitrogens with zero attached hydrogens (tertiary/aromatic N) is 1. The van der Waals surface area contributed by atoms with E-state index in [9.17, 15) is 4.39 Å². The molecule has 4 heteroatoms. The first-order valence-corrected chi connectivity index (χ1v) is 7.03. The lowest BCUT2D eigenvalue weighted by Crippen LogP contribution is -2.30. The van der Waals surface area contributed by atoms with Gasteiger partial charge in [0.05, 0.1) is 0 Å². The molecule has 0 aromatic heterocycles. The van der Waals surface area contributed by atoms with Gasteiger partial charge in [-0.05, 0) is 36.3 Å². The van der Waals surface area contributed by atoms with Crippen LogP contribution in [0.2, 0.25) is 0 Å². The third-order valence-corrected chi connectivity index (χ3v) is 4.83. The van der Waals surface area contributed by atoms with Crippen molar-refractivity contribution in [2.45, 2.75) is 24.6 Å². The van der Waals surface area contributed by atoms with Crippen molar-refractivity contribution in [3.63, 3.8) is 0 Å². The molecule has 0 spiro atoms. The average Bonchev–Trinajstić information content (AvgIpc) is 2.91. The van der Waals surface area contributed by atoms with Gasteiger partial charge in [0.15, 0.2) is 0 Å². The molecule has 1 aromatic rings. The standard InChI is InChI=1S/C13H15FN2S/c14-10-4-3-9-7-16(13(15)12(9)6-10)8-11-2-1-5-17-11/h3-4,6,11,15H,1-2,5,7-8H2. The highest BCUT2D eigenvalue weighted by atomic mass is 32.2. The second-order valence-corrected chi connectivity index (χ2v) is 6.07. The molecule has 0 radical (unpaired) electrons. The van der Waals surface area contributed by atoms with Crippen LogP contribution in [0.3, 0.4) is 0 Å². The van der Waals surface area contributed by atoms with Gasteiger partial charge in [0, 0.05) is 23.9 Å². The highest BCUT2D eigenvalue weighted by Gasteiger charge is 2.27. The highest BCUT2D eigenvalue weighted by molar-refractivity contribution is 8.00. The predicted octanol–water partition coefficient (Wildman–Crippen LogP) is 2.86. The molecule has 2 heterocycles. The lowest BCUT2D eigenvalue weighted by atomic mass is 10.1. The van der Waals surface area contributed by atoms with Crippen LogP contribution in [0.5, 0.6) is 0 Å². The molecule has 1 N–H and O–H groups in total. The van der Waals surface area contributed by atoms with Crippen LogP contribution in [0.4, 0.5) is 4.39 Å². The molecule has 0 bridgehead atoms. The lowest BCUT2D eigenvalue weighted by molar-refractivity contribution is 0.422. The largest absolute Gasteiger partial charge is 0.351 e. The number of hydrogen-bond acceptors (Lipinski definition) is 2. The van der Waals surface area contributed by atoms with E-state index in [0.29, 0.717) is 11.1 Å². The summed E-state index contributed by atoms with van der Waals surface area (Å²) in [6.45, 7) is 1.70. The Morgan fingerprint density at radius 2 is 2.35 bits per heavy atom. The van der Waals surface area contributed by atoms with Crippen LogP contribution in [0.25, 0.3) is 0 Å². The number of benzene rings is 1. The van der Waals surface area contributed by atoms with E-state index in [4.69, 9.17) is 5.41 Å². The molecule has 0 aliphatic carbocycles. The third kappa shape index (κ3) is 2.06. The van der Waals surface area contributed by atoms with E-state index in [-0.39, 0.29) is 5.82 Å². The molecule has 1 atom stereocenters. The molecule has 2 aliphatic rings. The Kier molecular flexibility index (Phi) is 2.82. The molecule has 1 fully saturated rings. The molecule has 3 rings (SSSR count). The molecular weight excluding hydrogens is 235 g/mol. The third-order valence-electron chi connectivity index (χ3n) is 3.45. The second-order valence-electron chi connectivity index (χ2n) is 4.67. The summed E-state index contributed by atoms with van der Waals surface area (Å²) in [4.78, 5) is 2.08. The van der Waals surface area contributed by atoms with Crippen LogP contribution in [0.1, 0.15) is 24.0 Å². The molecule has 1 saturated heterocycles. The molecule has 0 amide bonds. The van der Waals surface area contributed by atoms with Gasteiger partial charge in [-0.2, -0.15) is 11.8 Å². The maximum atomic E-state index is 13.1. The van der Waals surface area contributed by atoms with E-state index in [0.717, 1.165) is 24.2 Å². The van der Waals surface area contributed by atoms with Crippen molar-refractivity contribution in [1.82, 2.24) is 4.90 Å². The highest BCUT2D eigenvalue weighted by Crippen LogP contribution is 2.30. The predicted molar refractivity (Wildman–Crippen MR) is 69.1 cm³/mol. The van der Waals surface area contributed by atoms with Gasteiger partial charge in [-0.3, -0.25) is 5.41 Å². The first kappa shape index (κ1) is 11.1. The first-order chi connectivity index (χ1) is 8.24. The van der Waals surface area contributed by atoms with Crippen molar-refractivity contribution in [2.75, 3.05) is 12.3 Å². The molecule has 17 heavy (non-hydrogen) atoms. The maximum absolute atomic E-state index is 13.1. The smallest absolute Gasteiger partial charge is 0.128 e. The molecule has 2 nitrogen and oxygen atoms in total. The SMILES string of the molecule is N=C1c2cc(F)ccc2CN1CC1CCCS1. The number of thioether (sulfide) groups is 1. The van der Waals surface area contributed by atoms with E-state index >= 15 is 0 Å². The molecule has 2 aliphatic heterocycles. The summed E-state index contributed by atoms with van der Waals surface area (Å²) in [5, 5.41) is 8.75. The van der Waals surface area contributed by atoms with Gasteiger partial charge in [-0.15, -0.1) is 0 Å². The van der Waals surface area contributed by atoms with Crippen molar-refractivity contribution in [3.05, 3.63) is 35.1 Å². The van der Waals surface area contributed by atoms with E-state index < -0.39 is 0 Å². The molecule has 90 valence electrons. The minimum absolute atomic E-state index is 0.245. The fourth-order valence-electron chi connectivity index (χ4n) is 2.55. The topological polar surface area (TPSA) is 27.1 Å². The average molecular weight is 250 g/mol. The van der Waals surface area contributed by atoms with Crippen LogP contribution < -0.4 is 0 Å². The summed E-state index contributed by atoms with van der Waals surface area (Å²) >= 11 is 2.00. The fraction of sp³-hybridized carbons (Fsp3) is 0.462. The number of rotatable bonds is 2. The number of hydrogen-bond donors (Lipinski definition) is 1. The zero-order valence-corrected chi connectivity index (χ0v) is 10.4. The summed E-state index contributed by atoms with van der Waals surface area (Å²) < 4.78 is 13.1. The molecular formula is C13H15FN2S. The minimum atomic E-state index is -0.245. The van der Waals surface area contributed by atoms with Crippen molar-refractivity contribution in [3.8, 4) is 0 Å². The van der Waals surface area contributed by atoms with Gasteiger partial charge >= 0.3 is 0 Å². The Morgan fingerprint density at radius 3 is 3.12 bits per heavy atom. The van der Waals surface area contributed by atoms with Crippen LogP contribution in [-0.2, 0) is 6.54 Å². The summed E-state index contributed by atoms with van der Waals surface area (Å²) in [5.41, 5.74) is 1.85. The zero-order valence-electron chi connectivity index (χ0n) is 9.58. The van der Waals surface area contributed by atoms with Gasteiger partial charge in [0.2, 0.25) is 0 Å². The minimum Gasteiger partial charge on any atom is -0.351 e. The summed E-state index contributed by atoms with van der Waals surface area (Å²) in [5.74, 6) is 1.49. The van der Waals surface area contributed by atoms with E-state index in [2.05, 4.69) is 4.90 Å². The Bertz CT molecular complexity index is 455. The lowest BCUT2D eigenvalue weighted by Gasteiger charge is -2.21. The first-order valence-electron chi connectivity index (χ1n) is 5.98. The van der Waals surface area contributed by atoms with Crippen LogP contribution in [0.15, 0.2) is 18.2 Å². The summed E-state index contributed by atoms with van der Waals surface area (Å²) in [6.07, 6.45) is 2.54. The fourth-order valence-corrected chi connectivity index (χ4v) is 3.84. The van der Waals surface area contributed by atoms with Crippen molar-refractivity contribution in [2.24, 2.45) is 0 Å². The number of nitrogens with one attached hydrogen (secondary N) is 1.